The van der Waals surface area contributed by atoms with Crippen LogP contribution in [0.25, 0.3) is 0 Å². The Morgan fingerprint density at radius 3 is 2.56 bits per heavy atom. The van der Waals surface area contributed by atoms with Crippen LogP contribution in [0, 0.1) is 0 Å². The smallest absolute Gasteiger partial charge is 0.115 e. The number of hydrogen-bond acceptors (Lipinski definition) is 3. The molecule has 1 heterocycles. The number of nitrogens with zero attached hydrogens (tertiary/aromatic N) is 1. The molecular weight excluding hydrogens is 268 g/mol. The summed E-state index contributed by atoms with van der Waals surface area (Å²) in [6.07, 6.45) is 0. The standard InChI is InChI=1S/C12H11BrN2O/c13-12-3-1-2-10(15-12)8-14-9-4-6-11(16)7-5-9/h1-7,14,16H,8H2. The molecule has 0 bridgehead atoms. The fraction of sp³-hybridized carbons (Fsp3) is 0.0833. The first-order chi connectivity index (χ1) is 7.74. The molecule has 0 atom stereocenters. The Kier molecular flexibility index (Phi) is 3.41. The Labute approximate surface area is 102 Å². The lowest BCUT2D eigenvalue weighted by atomic mass is 10.3. The van der Waals surface area contributed by atoms with Gasteiger partial charge in [0, 0.05) is 5.69 Å². The van der Waals surface area contributed by atoms with E-state index in [9.17, 15) is 0 Å². The van der Waals surface area contributed by atoms with E-state index in [1.807, 2.05) is 30.3 Å². The average molecular weight is 279 g/mol. The summed E-state index contributed by atoms with van der Waals surface area (Å²) in [5, 5.41) is 12.4. The van der Waals surface area contributed by atoms with Gasteiger partial charge in [0.25, 0.3) is 0 Å². The van der Waals surface area contributed by atoms with E-state index in [0.29, 0.717) is 6.54 Å². The number of aromatic hydroxyl groups is 1. The summed E-state index contributed by atoms with van der Waals surface area (Å²) in [6, 6.07) is 12.8. The van der Waals surface area contributed by atoms with Gasteiger partial charge in [-0.05, 0) is 52.3 Å². The van der Waals surface area contributed by atoms with Gasteiger partial charge >= 0.3 is 0 Å². The van der Waals surface area contributed by atoms with Crippen molar-refractivity contribution < 1.29 is 5.11 Å². The van der Waals surface area contributed by atoms with Crippen LogP contribution in [0.4, 0.5) is 5.69 Å². The lowest BCUT2D eigenvalue weighted by Gasteiger charge is -2.06. The Morgan fingerprint density at radius 2 is 1.88 bits per heavy atom. The zero-order valence-electron chi connectivity index (χ0n) is 8.52. The molecule has 2 aromatic rings. The highest BCUT2D eigenvalue weighted by Crippen LogP contribution is 2.14. The van der Waals surface area contributed by atoms with Gasteiger partial charge in [0.2, 0.25) is 0 Å². The maximum atomic E-state index is 9.13. The summed E-state index contributed by atoms with van der Waals surface area (Å²) in [6.45, 7) is 0.657. The molecule has 0 fully saturated rings. The monoisotopic (exact) mass is 278 g/mol. The van der Waals surface area contributed by atoms with Crippen molar-refractivity contribution in [2.45, 2.75) is 6.54 Å². The minimum absolute atomic E-state index is 0.270. The summed E-state index contributed by atoms with van der Waals surface area (Å²) >= 11 is 3.33. The van der Waals surface area contributed by atoms with Gasteiger partial charge in [-0.2, -0.15) is 0 Å². The molecule has 0 aliphatic rings. The first kappa shape index (κ1) is 11.0. The SMILES string of the molecule is Oc1ccc(NCc2cccc(Br)n2)cc1. The fourth-order valence-electron chi connectivity index (χ4n) is 1.32. The molecule has 0 saturated carbocycles. The van der Waals surface area contributed by atoms with Crippen LogP contribution >= 0.6 is 15.9 Å². The van der Waals surface area contributed by atoms with Gasteiger partial charge in [0.1, 0.15) is 10.4 Å². The zero-order chi connectivity index (χ0) is 11.4. The van der Waals surface area contributed by atoms with E-state index in [2.05, 4.69) is 26.2 Å². The van der Waals surface area contributed by atoms with Gasteiger partial charge in [0.05, 0.1) is 12.2 Å². The number of anilines is 1. The number of benzene rings is 1. The largest absolute Gasteiger partial charge is 0.508 e. The molecule has 3 nitrogen and oxygen atoms in total. The zero-order valence-corrected chi connectivity index (χ0v) is 10.1. The van der Waals surface area contributed by atoms with E-state index in [1.165, 1.54) is 0 Å². The van der Waals surface area contributed by atoms with Crippen LogP contribution in [-0.2, 0) is 6.54 Å². The van der Waals surface area contributed by atoms with Crippen molar-refractivity contribution >= 4 is 21.6 Å². The van der Waals surface area contributed by atoms with Crippen LogP contribution in [-0.4, -0.2) is 10.1 Å². The molecular formula is C12H11BrN2O. The minimum atomic E-state index is 0.270. The van der Waals surface area contributed by atoms with Crippen LogP contribution in [0.3, 0.4) is 0 Å². The first-order valence-electron chi connectivity index (χ1n) is 4.88. The molecule has 82 valence electrons. The second-order valence-corrected chi connectivity index (χ2v) is 4.16. The van der Waals surface area contributed by atoms with Crippen molar-refractivity contribution in [1.29, 1.82) is 0 Å². The average Bonchev–Trinajstić information content (AvgIpc) is 2.28. The quantitative estimate of drug-likeness (QED) is 0.670. The van der Waals surface area contributed by atoms with Gasteiger partial charge in [0.15, 0.2) is 0 Å². The highest BCUT2D eigenvalue weighted by Gasteiger charge is 1.96. The molecule has 2 rings (SSSR count). The number of pyridine rings is 1. The second kappa shape index (κ2) is 4.99. The first-order valence-corrected chi connectivity index (χ1v) is 5.68. The third-order valence-electron chi connectivity index (χ3n) is 2.11. The summed E-state index contributed by atoms with van der Waals surface area (Å²) in [5.74, 6) is 0.270. The molecule has 16 heavy (non-hydrogen) atoms. The Morgan fingerprint density at radius 1 is 1.12 bits per heavy atom. The van der Waals surface area contributed by atoms with E-state index in [1.54, 1.807) is 12.1 Å². The lowest BCUT2D eigenvalue weighted by Crippen LogP contribution is -2.01. The Balaban J connectivity index is 1.99. The van der Waals surface area contributed by atoms with Crippen molar-refractivity contribution in [1.82, 2.24) is 4.98 Å². The van der Waals surface area contributed by atoms with E-state index >= 15 is 0 Å². The molecule has 4 heteroatoms. The highest BCUT2D eigenvalue weighted by atomic mass is 79.9. The molecule has 1 aromatic heterocycles. The summed E-state index contributed by atoms with van der Waals surface area (Å²) < 4.78 is 0.831. The Hall–Kier alpha value is -1.55. The highest BCUT2D eigenvalue weighted by molar-refractivity contribution is 9.10. The second-order valence-electron chi connectivity index (χ2n) is 3.35. The van der Waals surface area contributed by atoms with Crippen LogP contribution in [0.2, 0.25) is 0 Å². The number of hydrogen-bond donors (Lipinski definition) is 2. The number of halogens is 1. The third-order valence-corrected chi connectivity index (χ3v) is 2.56. The lowest BCUT2D eigenvalue weighted by molar-refractivity contribution is 0.475. The summed E-state index contributed by atoms with van der Waals surface area (Å²) in [7, 11) is 0. The summed E-state index contributed by atoms with van der Waals surface area (Å²) in [5.41, 5.74) is 1.92. The van der Waals surface area contributed by atoms with Crippen LogP contribution in [0.1, 0.15) is 5.69 Å². The minimum Gasteiger partial charge on any atom is -0.508 e. The van der Waals surface area contributed by atoms with Crippen molar-refractivity contribution in [2.24, 2.45) is 0 Å². The topological polar surface area (TPSA) is 45.1 Å². The van der Waals surface area contributed by atoms with Gasteiger partial charge in [-0.1, -0.05) is 6.07 Å². The molecule has 0 aliphatic heterocycles. The molecule has 0 unspecified atom stereocenters. The predicted octanol–water partition coefficient (Wildman–Crippen LogP) is 3.16. The molecule has 0 amide bonds. The maximum absolute atomic E-state index is 9.13. The van der Waals surface area contributed by atoms with Gasteiger partial charge in [-0.25, -0.2) is 4.98 Å². The molecule has 0 saturated heterocycles. The maximum Gasteiger partial charge on any atom is 0.115 e. The number of nitrogens with one attached hydrogen (secondary N) is 1. The van der Waals surface area contributed by atoms with E-state index in [0.717, 1.165) is 16.0 Å². The molecule has 0 aliphatic carbocycles. The molecule has 2 N–H and O–H groups in total. The van der Waals surface area contributed by atoms with Gasteiger partial charge in [-0.15, -0.1) is 0 Å². The summed E-state index contributed by atoms with van der Waals surface area (Å²) in [4.78, 5) is 4.31. The van der Waals surface area contributed by atoms with Crippen LogP contribution in [0.15, 0.2) is 47.1 Å². The van der Waals surface area contributed by atoms with E-state index in [4.69, 9.17) is 5.11 Å². The molecule has 0 spiro atoms. The van der Waals surface area contributed by atoms with Crippen molar-refractivity contribution in [2.75, 3.05) is 5.32 Å². The van der Waals surface area contributed by atoms with Gasteiger partial charge < -0.3 is 10.4 Å². The molecule has 1 aromatic carbocycles. The van der Waals surface area contributed by atoms with Crippen LogP contribution in [0.5, 0.6) is 5.75 Å². The number of phenolic OH excluding ortho intramolecular Hbond substituents is 1. The third kappa shape index (κ3) is 2.97. The normalized spacial score (nSPS) is 10.1. The number of phenols is 1. The van der Waals surface area contributed by atoms with Crippen molar-refractivity contribution in [3.05, 3.63) is 52.8 Å². The van der Waals surface area contributed by atoms with Crippen molar-refractivity contribution in [3.63, 3.8) is 0 Å². The Bertz CT molecular complexity index is 471. The van der Waals surface area contributed by atoms with Crippen LogP contribution < -0.4 is 5.32 Å². The predicted molar refractivity (Wildman–Crippen MR) is 67.4 cm³/mol. The van der Waals surface area contributed by atoms with Gasteiger partial charge in [-0.3, -0.25) is 0 Å². The van der Waals surface area contributed by atoms with E-state index < -0.39 is 0 Å². The fourth-order valence-corrected chi connectivity index (χ4v) is 1.70. The number of aromatic nitrogens is 1. The number of rotatable bonds is 3. The molecule has 0 radical (unpaired) electrons. The van der Waals surface area contributed by atoms with Crippen molar-refractivity contribution in [3.8, 4) is 5.75 Å². The van der Waals surface area contributed by atoms with E-state index in [-0.39, 0.29) is 5.75 Å².